The van der Waals surface area contributed by atoms with Gasteiger partial charge in [0.15, 0.2) is 0 Å². The summed E-state index contributed by atoms with van der Waals surface area (Å²) in [6.45, 7) is 12.5. The molecule has 1 aliphatic rings. The van der Waals surface area contributed by atoms with Gasteiger partial charge in [-0.15, -0.1) is 0 Å². The molecule has 2 rings (SSSR count). The van der Waals surface area contributed by atoms with E-state index in [1.165, 1.54) is 5.56 Å². The summed E-state index contributed by atoms with van der Waals surface area (Å²) in [7, 11) is 1.72. The van der Waals surface area contributed by atoms with Crippen molar-refractivity contribution < 1.29 is 9.47 Å². The van der Waals surface area contributed by atoms with E-state index in [1.54, 1.807) is 7.11 Å². The Kier molecular flexibility index (Phi) is 4.12. The van der Waals surface area contributed by atoms with Crippen LogP contribution in [0.4, 0.5) is 0 Å². The van der Waals surface area contributed by atoms with Crippen LogP contribution < -0.4 is 10.1 Å². The molecule has 0 aromatic heterocycles. The maximum Gasteiger partial charge on any atom is 0.124 e. The number of rotatable bonds is 2. The van der Waals surface area contributed by atoms with Crippen LogP contribution in [0, 0.1) is 0 Å². The Morgan fingerprint density at radius 1 is 1.30 bits per heavy atom. The molecule has 1 aliphatic heterocycles. The Labute approximate surface area is 122 Å². The van der Waals surface area contributed by atoms with E-state index < -0.39 is 0 Å². The molecule has 1 aromatic rings. The number of benzene rings is 1. The lowest BCUT2D eigenvalue weighted by atomic mass is 9.85. The number of hydrogen-bond donors (Lipinski definition) is 1. The lowest BCUT2D eigenvalue weighted by molar-refractivity contribution is -0.0239. The van der Waals surface area contributed by atoms with Gasteiger partial charge in [-0.25, -0.2) is 0 Å². The molecule has 0 bridgehead atoms. The fraction of sp³-hybridized carbons (Fsp3) is 0.647. The van der Waals surface area contributed by atoms with Crippen LogP contribution >= 0.6 is 0 Å². The summed E-state index contributed by atoms with van der Waals surface area (Å²) < 4.78 is 11.6. The highest BCUT2D eigenvalue weighted by Gasteiger charge is 2.30. The summed E-state index contributed by atoms with van der Waals surface area (Å²) in [6.07, 6.45) is 0.0558. The first kappa shape index (κ1) is 15.3. The number of nitrogens with one attached hydrogen (secondary N) is 1. The third kappa shape index (κ3) is 3.33. The number of methoxy groups -OCH3 is 1. The average molecular weight is 277 g/mol. The molecule has 0 saturated carbocycles. The minimum Gasteiger partial charge on any atom is -0.496 e. The second-order valence-corrected chi connectivity index (χ2v) is 7.27. The predicted octanol–water partition coefficient (Wildman–Crippen LogP) is 3.43. The first-order valence-electron chi connectivity index (χ1n) is 7.28. The monoisotopic (exact) mass is 277 g/mol. The summed E-state index contributed by atoms with van der Waals surface area (Å²) in [5.74, 6) is 0.907. The van der Waals surface area contributed by atoms with Crippen molar-refractivity contribution in [2.24, 2.45) is 0 Å². The smallest absolute Gasteiger partial charge is 0.124 e. The maximum atomic E-state index is 6.05. The third-order valence-corrected chi connectivity index (χ3v) is 3.85. The molecule has 20 heavy (non-hydrogen) atoms. The van der Waals surface area contributed by atoms with E-state index in [9.17, 15) is 0 Å². The molecule has 1 N–H and O–H groups in total. The first-order valence-corrected chi connectivity index (χ1v) is 7.28. The Hall–Kier alpha value is -1.06. The topological polar surface area (TPSA) is 30.5 Å². The van der Waals surface area contributed by atoms with Gasteiger partial charge in [-0.1, -0.05) is 26.8 Å². The van der Waals surface area contributed by atoms with Gasteiger partial charge < -0.3 is 14.8 Å². The van der Waals surface area contributed by atoms with Crippen molar-refractivity contribution in [2.75, 3.05) is 20.3 Å². The molecule has 0 radical (unpaired) electrons. The summed E-state index contributed by atoms with van der Waals surface area (Å²) in [6, 6.07) is 6.42. The summed E-state index contributed by atoms with van der Waals surface area (Å²) in [5.41, 5.74) is 2.62. The van der Waals surface area contributed by atoms with E-state index in [0.29, 0.717) is 6.61 Å². The van der Waals surface area contributed by atoms with E-state index in [0.717, 1.165) is 17.9 Å². The van der Waals surface area contributed by atoms with Crippen molar-refractivity contribution in [3.63, 3.8) is 0 Å². The van der Waals surface area contributed by atoms with Crippen molar-refractivity contribution in [3.05, 3.63) is 29.3 Å². The Morgan fingerprint density at radius 3 is 2.50 bits per heavy atom. The van der Waals surface area contributed by atoms with Gasteiger partial charge in [0, 0.05) is 17.6 Å². The summed E-state index contributed by atoms with van der Waals surface area (Å²) >= 11 is 0. The fourth-order valence-electron chi connectivity index (χ4n) is 2.44. The minimum absolute atomic E-state index is 0.0470. The normalized spacial score (nSPS) is 22.6. The summed E-state index contributed by atoms with van der Waals surface area (Å²) in [4.78, 5) is 0. The quantitative estimate of drug-likeness (QED) is 0.898. The maximum absolute atomic E-state index is 6.05. The zero-order valence-corrected chi connectivity index (χ0v) is 13.5. The highest BCUT2D eigenvalue weighted by molar-refractivity contribution is 5.41. The Balaban J connectivity index is 2.30. The molecule has 112 valence electrons. The molecule has 1 saturated heterocycles. The van der Waals surface area contributed by atoms with Gasteiger partial charge in [-0.3, -0.25) is 0 Å². The standard InChI is InChI=1S/C17H27NO2/c1-16(2,3)12-7-8-14(19-6)13(9-12)15-10-18-17(4,5)11-20-15/h7-9,15,18H,10-11H2,1-6H3. The van der Waals surface area contributed by atoms with Crippen LogP contribution in [0.25, 0.3) is 0 Å². The Bertz CT molecular complexity index is 464. The second kappa shape index (κ2) is 5.38. The van der Waals surface area contributed by atoms with Crippen LogP contribution in [0.2, 0.25) is 0 Å². The van der Waals surface area contributed by atoms with Crippen molar-refractivity contribution in [1.82, 2.24) is 5.32 Å². The molecule has 3 nitrogen and oxygen atoms in total. The third-order valence-electron chi connectivity index (χ3n) is 3.85. The lowest BCUT2D eigenvalue weighted by Crippen LogP contribution is -2.50. The van der Waals surface area contributed by atoms with E-state index in [4.69, 9.17) is 9.47 Å². The van der Waals surface area contributed by atoms with Gasteiger partial charge in [0.25, 0.3) is 0 Å². The molecule has 1 heterocycles. The lowest BCUT2D eigenvalue weighted by Gasteiger charge is -2.37. The SMILES string of the molecule is COc1ccc(C(C)(C)C)cc1C1CNC(C)(C)CO1. The largest absolute Gasteiger partial charge is 0.496 e. The van der Waals surface area contributed by atoms with Crippen molar-refractivity contribution in [3.8, 4) is 5.75 Å². The molecule has 1 atom stereocenters. The van der Waals surface area contributed by atoms with Gasteiger partial charge in [0.05, 0.1) is 19.8 Å². The summed E-state index contributed by atoms with van der Waals surface area (Å²) in [5, 5.41) is 3.54. The predicted molar refractivity (Wildman–Crippen MR) is 82.5 cm³/mol. The van der Waals surface area contributed by atoms with Gasteiger partial charge in [-0.05, 0) is 37.0 Å². The molecule has 0 amide bonds. The number of hydrogen-bond acceptors (Lipinski definition) is 3. The Morgan fingerprint density at radius 2 is 2.00 bits per heavy atom. The van der Waals surface area contributed by atoms with Crippen LogP contribution in [0.15, 0.2) is 18.2 Å². The number of ether oxygens (including phenoxy) is 2. The van der Waals surface area contributed by atoms with Crippen LogP contribution in [-0.4, -0.2) is 25.8 Å². The van der Waals surface area contributed by atoms with Crippen LogP contribution in [-0.2, 0) is 10.2 Å². The molecule has 3 heteroatoms. The zero-order chi connectivity index (χ0) is 15.0. The highest BCUT2D eigenvalue weighted by atomic mass is 16.5. The molecule has 0 spiro atoms. The van der Waals surface area contributed by atoms with Crippen LogP contribution in [0.1, 0.15) is 51.8 Å². The fourth-order valence-corrected chi connectivity index (χ4v) is 2.44. The zero-order valence-electron chi connectivity index (χ0n) is 13.5. The van der Waals surface area contributed by atoms with Crippen molar-refractivity contribution in [1.29, 1.82) is 0 Å². The molecule has 1 unspecified atom stereocenters. The van der Waals surface area contributed by atoms with Gasteiger partial charge in [0.2, 0.25) is 0 Å². The van der Waals surface area contributed by atoms with Crippen LogP contribution in [0.5, 0.6) is 5.75 Å². The molecular formula is C17H27NO2. The molecular weight excluding hydrogens is 250 g/mol. The van der Waals surface area contributed by atoms with Gasteiger partial charge in [0.1, 0.15) is 5.75 Å². The molecule has 1 fully saturated rings. The highest BCUT2D eigenvalue weighted by Crippen LogP contribution is 2.34. The molecule has 1 aromatic carbocycles. The molecule has 0 aliphatic carbocycles. The average Bonchev–Trinajstić information content (AvgIpc) is 2.37. The van der Waals surface area contributed by atoms with Crippen molar-refractivity contribution >= 4 is 0 Å². The first-order chi connectivity index (χ1) is 9.23. The van der Waals surface area contributed by atoms with E-state index >= 15 is 0 Å². The van der Waals surface area contributed by atoms with Crippen LogP contribution in [0.3, 0.4) is 0 Å². The van der Waals surface area contributed by atoms with Gasteiger partial charge in [-0.2, -0.15) is 0 Å². The second-order valence-electron chi connectivity index (χ2n) is 7.27. The van der Waals surface area contributed by atoms with Crippen molar-refractivity contribution in [2.45, 2.75) is 51.7 Å². The van der Waals surface area contributed by atoms with Gasteiger partial charge >= 0.3 is 0 Å². The minimum atomic E-state index is 0.0470. The van der Waals surface area contributed by atoms with E-state index in [1.807, 2.05) is 0 Å². The van der Waals surface area contributed by atoms with E-state index in [-0.39, 0.29) is 17.1 Å². The number of morpholine rings is 1. The van der Waals surface area contributed by atoms with E-state index in [2.05, 4.69) is 58.1 Å².